The lowest BCUT2D eigenvalue weighted by Gasteiger charge is -2.41. The molecule has 2 heterocycles. The van der Waals surface area contributed by atoms with E-state index in [-0.39, 0.29) is 0 Å². The summed E-state index contributed by atoms with van der Waals surface area (Å²) >= 11 is 0. The highest BCUT2D eigenvalue weighted by Crippen LogP contribution is 2.25. The van der Waals surface area contributed by atoms with E-state index in [0.29, 0.717) is 18.1 Å². The molecule has 0 bridgehead atoms. The molecule has 0 aromatic heterocycles. The fourth-order valence-electron chi connectivity index (χ4n) is 2.89. The highest BCUT2D eigenvalue weighted by molar-refractivity contribution is 4.84. The molecule has 0 amide bonds. The quantitative estimate of drug-likeness (QED) is 0.777. The van der Waals surface area contributed by atoms with E-state index in [9.17, 15) is 0 Å². The van der Waals surface area contributed by atoms with E-state index >= 15 is 0 Å². The van der Waals surface area contributed by atoms with Crippen LogP contribution in [0.15, 0.2) is 0 Å². The van der Waals surface area contributed by atoms with Gasteiger partial charge in [0.2, 0.25) is 0 Å². The number of hydrogen-bond acceptors (Lipinski definition) is 3. The summed E-state index contributed by atoms with van der Waals surface area (Å²) in [5.74, 6) is 0.648. The molecule has 0 aliphatic carbocycles. The number of likely N-dealkylation sites (tertiary alicyclic amines) is 1. The Morgan fingerprint density at radius 2 is 1.88 bits per heavy atom. The largest absolute Gasteiger partial charge is 0.378 e. The monoisotopic (exact) mass is 226 g/mol. The lowest BCUT2D eigenvalue weighted by molar-refractivity contribution is -0.0518. The van der Waals surface area contributed by atoms with Crippen LogP contribution in [0.3, 0.4) is 0 Å². The smallest absolute Gasteiger partial charge is 0.0612 e. The molecule has 2 unspecified atom stereocenters. The normalized spacial score (nSPS) is 34.5. The molecule has 2 aliphatic heterocycles. The number of hydrogen-bond donors (Lipinski definition) is 1. The third kappa shape index (κ3) is 2.96. The second-order valence-electron chi connectivity index (χ2n) is 5.70. The van der Waals surface area contributed by atoms with E-state index in [4.69, 9.17) is 10.5 Å². The van der Waals surface area contributed by atoms with Gasteiger partial charge in [0.15, 0.2) is 0 Å². The van der Waals surface area contributed by atoms with Crippen LogP contribution in [0.1, 0.15) is 39.5 Å². The van der Waals surface area contributed by atoms with Gasteiger partial charge in [-0.3, -0.25) is 0 Å². The molecule has 0 aromatic carbocycles. The van der Waals surface area contributed by atoms with E-state index in [0.717, 1.165) is 12.6 Å². The molecule has 3 heteroatoms. The molecule has 0 aromatic rings. The van der Waals surface area contributed by atoms with Crippen molar-refractivity contribution in [2.45, 2.75) is 57.7 Å². The summed E-state index contributed by atoms with van der Waals surface area (Å²) in [6, 6.07) is 1.19. The van der Waals surface area contributed by atoms with Gasteiger partial charge < -0.3 is 15.4 Å². The fourth-order valence-corrected chi connectivity index (χ4v) is 2.89. The van der Waals surface area contributed by atoms with Crippen LogP contribution in [-0.4, -0.2) is 42.8 Å². The topological polar surface area (TPSA) is 38.5 Å². The molecule has 2 fully saturated rings. The molecule has 0 spiro atoms. The van der Waals surface area contributed by atoms with Crippen molar-refractivity contribution in [2.24, 2.45) is 11.7 Å². The second kappa shape index (κ2) is 5.48. The van der Waals surface area contributed by atoms with Gasteiger partial charge in [0.05, 0.1) is 6.10 Å². The van der Waals surface area contributed by atoms with Gasteiger partial charge in [0.1, 0.15) is 0 Å². The molecule has 2 atom stereocenters. The third-order valence-electron chi connectivity index (χ3n) is 4.12. The lowest BCUT2D eigenvalue weighted by atomic mass is 9.92. The Balaban J connectivity index is 1.84. The number of piperidine rings is 1. The van der Waals surface area contributed by atoms with Gasteiger partial charge in [-0.1, -0.05) is 13.8 Å². The van der Waals surface area contributed by atoms with Gasteiger partial charge in [-0.05, 0) is 44.7 Å². The summed E-state index contributed by atoms with van der Waals surface area (Å²) in [6.07, 6.45) is 5.23. The number of ether oxygens (including phenoxy) is 1. The summed E-state index contributed by atoms with van der Waals surface area (Å²) in [5, 5.41) is 0. The van der Waals surface area contributed by atoms with Crippen molar-refractivity contribution in [3.8, 4) is 0 Å². The molecule has 0 radical (unpaired) electrons. The highest BCUT2D eigenvalue weighted by Gasteiger charge is 2.30. The van der Waals surface area contributed by atoms with E-state index < -0.39 is 0 Å². The molecule has 2 rings (SSSR count). The zero-order valence-electron chi connectivity index (χ0n) is 10.7. The summed E-state index contributed by atoms with van der Waals surface area (Å²) < 4.78 is 5.83. The first-order valence-electron chi connectivity index (χ1n) is 6.78. The van der Waals surface area contributed by atoms with Crippen LogP contribution < -0.4 is 5.73 Å². The summed E-state index contributed by atoms with van der Waals surface area (Å²) in [6.45, 7) is 7.85. The van der Waals surface area contributed by atoms with Gasteiger partial charge in [-0.2, -0.15) is 0 Å². The molecule has 16 heavy (non-hydrogen) atoms. The molecule has 0 saturated carbocycles. The standard InChI is InChI=1S/C13H26N2O/c1-10(2)13-9-12(5-8-16-13)15-6-3-11(14)4-7-15/h10-13H,3-9,14H2,1-2H3. The third-order valence-corrected chi connectivity index (χ3v) is 4.12. The molecule has 3 nitrogen and oxygen atoms in total. The van der Waals surface area contributed by atoms with Gasteiger partial charge in [0, 0.05) is 18.7 Å². The average molecular weight is 226 g/mol. The Labute approximate surface area is 99.3 Å². The molecule has 94 valence electrons. The van der Waals surface area contributed by atoms with Crippen LogP contribution in [0.5, 0.6) is 0 Å². The number of nitrogens with zero attached hydrogens (tertiary/aromatic N) is 1. The molecule has 2 N–H and O–H groups in total. The van der Waals surface area contributed by atoms with E-state index in [1.807, 2.05) is 0 Å². The van der Waals surface area contributed by atoms with Crippen molar-refractivity contribution in [2.75, 3.05) is 19.7 Å². The minimum absolute atomic E-state index is 0.442. The van der Waals surface area contributed by atoms with Gasteiger partial charge in [-0.15, -0.1) is 0 Å². The van der Waals surface area contributed by atoms with Crippen molar-refractivity contribution in [3.05, 3.63) is 0 Å². The molecular weight excluding hydrogens is 200 g/mol. The number of nitrogens with two attached hydrogens (primary N) is 1. The first-order valence-corrected chi connectivity index (χ1v) is 6.78. The molecular formula is C13H26N2O. The Morgan fingerprint density at radius 3 is 2.50 bits per heavy atom. The zero-order chi connectivity index (χ0) is 11.5. The van der Waals surface area contributed by atoms with E-state index in [1.54, 1.807) is 0 Å². The Morgan fingerprint density at radius 1 is 1.19 bits per heavy atom. The van der Waals surface area contributed by atoms with Crippen molar-refractivity contribution in [1.82, 2.24) is 4.90 Å². The van der Waals surface area contributed by atoms with Crippen LogP contribution in [0, 0.1) is 5.92 Å². The van der Waals surface area contributed by atoms with Crippen LogP contribution in [0.4, 0.5) is 0 Å². The van der Waals surface area contributed by atoms with Crippen LogP contribution >= 0.6 is 0 Å². The van der Waals surface area contributed by atoms with Crippen LogP contribution in [-0.2, 0) is 4.74 Å². The number of rotatable bonds is 2. The molecule has 2 aliphatic rings. The van der Waals surface area contributed by atoms with Crippen LogP contribution in [0.2, 0.25) is 0 Å². The van der Waals surface area contributed by atoms with E-state index in [1.165, 1.54) is 38.8 Å². The first kappa shape index (κ1) is 12.3. The van der Waals surface area contributed by atoms with Gasteiger partial charge >= 0.3 is 0 Å². The van der Waals surface area contributed by atoms with Gasteiger partial charge in [-0.25, -0.2) is 0 Å². The maximum Gasteiger partial charge on any atom is 0.0612 e. The van der Waals surface area contributed by atoms with Crippen molar-refractivity contribution >= 4 is 0 Å². The summed E-state index contributed by atoms with van der Waals surface area (Å²) in [5.41, 5.74) is 5.95. The summed E-state index contributed by atoms with van der Waals surface area (Å²) in [4.78, 5) is 2.64. The zero-order valence-corrected chi connectivity index (χ0v) is 10.7. The maximum absolute atomic E-state index is 5.95. The predicted octanol–water partition coefficient (Wildman–Crippen LogP) is 1.61. The lowest BCUT2D eigenvalue weighted by Crippen LogP contribution is -2.49. The second-order valence-corrected chi connectivity index (χ2v) is 5.70. The Bertz CT molecular complexity index is 212. The SMILES string of the molecule is CC(C)C1CC(N2CCC(N)CC2)CCO1. The average Bonchev–Trinajstić information content (AvgIpc) is 2.30. The molecule has 2 saturated heterocycles. The first-order chi connectivity index (χ1) is 7.66. The van der Waals surface area contributed by atoms with E-state index in [2.05, 4.69) is 18.7 Å². The minimum Gasteiger partial charge on any atom is -0.378 e. The highest BCUT2D eigenvalue weighted by atomic mass is 16.5. The predicted molar refractivity (Wildman–Crippen MR) is 66.4 cm³/mol. The fraction of sp³-hybridized carbons (Fsp3) is 1.00. The van der Waals surface area contributed by atoms with Crippen molar-refractivity contribution in [3.63, 3.8) is 0 Å². The maximum atomic E-state index is 5.95. The van der Waals surface area contributed by atoms with Gasteiger partial charge in [0.25, 0.3) is 0 Å². The summed E-state index contributed by atoms with van der Waals surface area (Å²) in [7, 11) is 0. The Hall–Kier alpha value is -0.120. The minimum atomic E-state index is 0.442. The van der Waals surface area contributed by atoms with Crippen LogP contribution in [0.25, 0.3) is 0 Å². The van der Waals surface area contributed by atoms with Crippen molar-refractivity contribution < 1.29 is 4.74 Å². The Kier molecular flexibility index (Phi) is 4.22. The van der Waals surface area contributed by atoms with Crippen molar-refractivity contribution in [1.29, 1.82) is 0 Å².